The molecule has 0 radical (unpaired) electrons. The summed E-state index contributed by atoms with van der Waals surface area (Å²) in [5, 5.41) is 4.35. The second kappa shape index (κ2) is 6.97. The lowest BCUT2D eigenvalue weighted by Crippen LogP contribution is -2.03. The molecule has 3 aromatic rings. The first-order valence-corrected chi connectivity index (χ1v) is 7.49. The Kier molecular flexibility index (Phi) is 4.57. The van der Waals surface area contributed by atoms with Crippen molar-refractivity contribution in [1.29, 1.82) is 0 Å². The van der Waals surface area contributed by atoms with Crippen molar-refractivity contribution in [3.05, 3.63) is 60.4 Å². The molecule has 3 nitrogen and oxygen atoms in total. The average Bonchev–Trinajstić information content (AvgIpc) is 2.56. The summed E-state index contributed by atoms with van der Waals surface area (Å²) in [6.45, 7) is 0.749. The minimum Gasteiger partial charge on any atom is -0.368 e. The summed E-state index contributed by atoms with van der Waals surface area (Å²) in [4.78, 5) is 9.49. The summed E-state index contributed by atoms with van der Waals surface area (Å²) < 4.78 is 0. The number of nitrogens with zero attached hydrogens (tertiary/aromatic N) is 2. The molecule has 0 aliphatic carbocycles. The molecule has 0 saturated heterocycles. The summed E-state index contributed by atoms with van der Waals surface area (Å²) in [6, 6.07) is 15.8. The lowest BCUT2D eigenvalue weighted by Gasteiger charge is -2.05. The number of aromatic nitrogens is 2. The summed E-state index contributed by atoms with van der Waals surface area (Å²) in [6.07, 6.45) is 2.33. The van der Waals surface area contributed by atoms with Crippen LogP contribution in [0.5, 0.6) is 0 Å². The molecule has 3 rings (SSSR count). The van der Waals surface area contributed by atoms with Crippen molar-refractivity contribution in [2.75, 3.05) is 11.9 Å². The Labute approximate surface area is 135 Å². The Morgan fingerprint density at radius 2 is 1.82 bits per heavy atom. The van der Waals surface area contributed by atoms with Gasteiger partial charge in [0.25, 0.3) is 0 Å². The van der Waals surface area contributed by atoms with Crippen molar-refractivity contribution in [1.82, 2.24) is 9.97 Å². The van der Waals surface area contributed by atoms with Gasteiger partial charge in [0.2, 0.25) is 0 Å². The third-order valence-electron chi connectivity index (χ3n) is 3.19. The van der Waals surface area contributed by atoms with Gasteiger partial charge < -0.3 is 5.32 Å². The number of nitrogens with one attached hydrogen (secondary N) is 1. The van der Waals surface area contributed by atoms with Crippen LogP contribution in [0.1, 0.15) is 12.0 Å². The molecule has 2 aromatic carbocycles. The highest BCUT2D eigenvalue weighted by molar-refractivity contribution is 7.80. The van der Waals surface area contributed by atoms with Crippen molar-refractivity contribution in [3.63, 3.8) is 0 Å². The van der Waals surface area contributed by atoms with Crippen molar-refractivity contribution >= 4 is 29.3 Å². The predicted octanol–water partition coefficient (Wildman–Crippen LogP) is 3.77. The average molecular weight is 305 g/mol. The van der Waals surface area contributed by atoms with E-state index in [1.54, 1.807) is 6.33 Å². The van der Waals surface area contributed by atoms with E-state index in [-0.39, 0.29) is 0 Å². The number of benzene rings is 2. The molecule has 1 heterocycles. The fourth-order valence-electron chi connectivity index (χ4n) is 2.10. The van der Waals surface area contributed by atoms with Gasteiger partial charge in [0.15, 0.2) is 0 Å². The first-order chi connectivity index (χ1) is 10.8. The Bertz CT molecular complexity index is 827. The van der Waals surface area contributed by atoms with Gasteiger partial charge in [0.1, 0.15) is 12.1 Å². The number of hydrogen-bond acceptors (Lipinski definition) is 4. The standard InChI is InChI=1S/C18H15N3S/c22-15-10-8-14(9-11-15)5-3-4-12-19-18-16-6-1-2-7-17(16)20-13-21-18/h1-2,6-11,13,22H,4,12H2,(H,19,20,21). The van der Waals surface area contributed by atoms with Gasteiger partial charge in [-0.2, -0.15) is 0 Å². The molecule has 108 valence electrons. The van der Waals surface area contributed by atoms with Crippen LogP contribution < -0.4 is 5.32 Å². The largest absolute Gasteiger partial charge is 0.368 e. The van der Waals surface area contributed by atoms with Crippen molar-refractivity contribution in [2.24, 2.45) is 0 Å². The highest BCUT2D eigenvalue weighted by atomic mass is 32.1. The molecule has 0 saturated carbocycles. The number of para-hydroxylation sites is 1. The Morgan fingerprint density at radius 3 is 2.68 bits per heavy atom. The summed E-state index contributed by atoms with van der Waals surface area (Å²) in [7, 11) is 0. The van der Waals surface area contributed by atoms with Crippen molar-refractivity contribution in [2.45, 2.75) is 11.3 Å². The van der Waals surface area contributed by atoms with E-state index in [1.807, 2.05) is 48.5 Å². The molecule has 22 heavy (non-hydrogen) atoms. The molecule has 1 N–H and O–H groups in total. The maximum Gasteiger partial charge on any atom is 0.137 e. The zero-order chi connectivity index (χ0) is 15.2. The first-order valence-electron chi connectivity index (χ1n) is 7.04. The van der Waals surface area contributed by atoms with E-state index in [4.69, 9.17) is 0 Å². The quantitative estimate of drug-likeness (QED) is 0.439. The van der Waals surface area contributed by atoms with Gasteiger partial charge in [-0.15, -0.1) is 12.6 Å². The Morgan fingerprint density at radius 1 is 1.00 bits per heavy atom. The zero-order valence-corrected chi connectivity index (χ0v) is 12.8. The molecule has 1 aromatic heterocycles. The minimum absolute atomic E-state index is 0.749. The molecule has 0 aliphatic heterocycles. The smallest absolute Gasteiger partial charge is 0.137 e. The molecule has 4 heteroatoms. The normalized spacial score (nSPS) is 10.0. The minimum atomic E-state index is 0.749. The topological polar surface area (TPSA) is 37.8 Å². The van der Waals surface area contributed by atoms with Crippen LogP contribution in [0.25, 0.3) is 10.9 Å². The SMILES string of the molecule is Sc1ccc(C#CCCNc2ncnc3ccccc23)cc1. The third kappa shape index (κ3) is 3.57. The van der Waals surface area contributed by atoms with Crippen LogP contribution in [0.15, 0.2) is 59.8 Å². The van der Waals surface area contributed by atoms with E-state index in [0.29, 0.717) is 0 Å². The van der Waals surface area contributed by atoms with E-state index in [1.165, 1.54) is 0 Å². The molecule has 0 amide bonds. The summed E-state index contributed by atoms with van der Waals surface area (Å²) in [5.41, 5.74) is 1.95. The molecule has 0 atom stereocenters. The van der Waals surface area contributed by atoms with E-state index in [2.05, 4.69) is 39.8 Å². The van der Waals surface area contributed by atoms with Gasteiger partial charge >= 0.3 is 0 Å². The van der Waals surface area contributed by atoms with Crippen LogP contribution >= 0.6 is 12.6 Å². The van der Waals surface area contributed by atoms with Gasteiger partial charge in [-0.1, -0.05) is 24.0 Å². The van der Waals surface area contributed by atoms with Gasteiger partial charge in [-0.3, -0.25) is 0 Å². The van der Waals surface area contributed by atoms with Crippen molar-refractivity contribution in [3.8, 4) is 11.8 Å². The van der Waals surface area contributed by atoms with Crippen LogP contribution in [0.2, 0.25) is 0 Å². The number of rotatable bonds is 3. The molecular formula is C18H15N3S. The summed E-state index contributed by atoms with van der Waals surface area (Å²) >= 11 is 4.26. The number of anilines is 1. The third-order valence-corrected chi connectivity index (χ3v) is 3.48. The van der Waals surface area contributed by atoms with Crippen LogP contribution in [0.4, 0.5) is 5.82 Å². The van der Waals surface area contributed by atoms with Gasteiger partial charge in [-0.05, 0) is 36.4 Å². The van der Waals surface area contributed by atoms with E-state index < -0.39 is 0 Å². The Hall–Kier alpha value is -2.51. The lowest BCUT2D eigenvalue weighted by atomic mass is 10.2. The lowest BCUT2D eigenvalue weighted by molar-refractivity contribution is 1.07. The first kappa shape index (κ1) is 14.4. The molecule has 0 fully saturated rings. The monoisotopic (exact) mass is 305 g/mol. The van der Waals surface area contributed by atoms with E-state index in [0.717, 1.165) is 40.1 Å². The maximum atomic E-state index is 4.29. The van der Waals surface area contributed by atoms with Gasteiger partial charge in [0.05, 0.1) is 5.52 Å². The zero-order valence-electron chi connectivity index (χ0n) is 12.0. The molecule has 0 bridgehead atoms. The molecule has 0 spiro atoms. The number of thiol groups is 1. The van der Waals surface area contributed by atoms with Gasteiger partial charge in [0, 0.05) is 28.8 Å². The van der Waals surface area contributed by atoms with Crippen LogP contribution in [0.3, 0.4) is 0 Å². The molecule has 0 aliphatic rings. The predicted molar refractivity (Wildman–Crippen MR) is 93.2 cm³/mol. The van der Waals surface area contributed by atoms with Crippen LogP contribution in [0, 0.1) is 11.8 Å². The van der Waals surface area contributed by atoms with Crippen LogP contribution in [-0.4, -0.2) is 16.5 Å². The second-order valence-corrected chi connectivity index (χ2v) is 5.28. The number of hydrogen-bond donors (Lipinski definition) is 2. The summed E-state index contributed by atoms with van der Waals surface area (Å²) in [5.74, 6) is 7.15. The van der Waals surface area contributed by atoms with Crippen molar-refractivity contribution < 1.29 is 0 Å². The fraction of sp³-hybridized carbons (Fsp3) is 0.111. The van der Waals surface area contributed by atoms with Gasteiger partial charge in [-0.25, -0.2) is 9.97 Å². The Balaban J connectivity index is 1.60. The van der Waals surface area contributed by atoms with E-state index >= 15 is 0 Å². The highest BCUT2D eigenvalue weighted by Crippen LogP contribution is 2.17. The highest BCUT2D eigenvalue weighted by Gasteiger charge is 2.00. The molecule has 0 unspecified atom stereocenters. The fourth-order valence-corrected chi connectivity index (χ4v) is 2.25. The number of fused-ring (bicyclic) bond motifs is 1. The van der Waals surface area contributed by atoms with E-state index in [9.17, 15) is 0 Å². The second-order valence-electron chi connectivity index (χ2n) is 4.76. The molecular weight excluding hydrogens is 290 g/mol. The van der Waals surface area contributed by atoms with Crippen LogP contribution in [-0.2, 0) is 0 Å². The maximum absolute atomic E-state index is 4.29.